The summed E-state index contributed by atoms with van der Waals surface area (Å²) in [5.74, 6) is -1.89. The lowest BCUT2D eigenvalue weighted by atomic mass is 10.1. The Bertz CT molecular complexity index is 645. The minimum absolute atomic E-state index is 0.182. The summed E-state index contributed by atoms with van der Waals surface area (Å²) in [7, 11) is 0. The Hall–Kier alpha value is -2.81. The fraction of sp³-hybridized carbons (Fsp3) is 0.312. The number of nitrogens with one attached hydrogen (secondary N) is 2. The molecule has 116 valence electrons. The highest BCUT2D eigenvalue weighted by molar-refractivity contribution is 5.99. The van der Waals surface area contributed by atoms with Crippen molar-refractivity contribution in [3.63, 3.8) is 0 Å². The zero-order valence-electron chi connectivity index (χ0n) is 12.8. The molecule has 0 aliphatic carbocycles. The summed E-state index contributed by atoms with van der Waals surface area (Å²) in [6.45, 7) is 5.27. The Morgan fingerprint density at radius 1 is 1.45 bits per heavy atom. The molecule has 0 aromatic heterocycles. The minimum Gasteiger partial charge on any atom is -0.480 e. The van der Waals surface area contributed by atoms with Crippen LogP contribution in [0.5, 0.6) is 0 Å². The van der Waals surface area contributed by atoms with Gasteiger partial charge in [-0.15, -0.1) is 0 Å². The van der Waals surface area contributed by atoms with Gasteiger partial charge in [-0.2, -0.15) is 5.26 Å². The Kier molecular flexibility index (Phi) is 6.14. The van der Waals surface area contributed by atoms with Crippen LogP contribution in [0.15, 0.2) is 30.0 Å². The summed E-state index contributed by atoms with van der Waals surface area (Å²) in [4.78, 5) is 22.6. The van der Waals surface area contributed by atoms with Gasteiger partial charge in [0.05, 0.1) is 0 Å². The van der Waals surface area contributed by atoms with Crippen LogP contribution in [0.4, 0.5) is 5.69 Å². The van der Waals surface area contributed by atoms with Gasteiger partial charge in [-0.05, 0) is 31.4 Å². The van der Waals surface area contributed by atoms with E-state index in [0.29, 0.717) is 0 Å². The van der Waals surface area contributed by atoms with Crippen LogP contribution in [0.2, 0.25) is 0 Å². The van der Waals surface area contributed by atoms with Gasteiger partial charge in [0.2, 0.25) is 0 Å². The van der Waals surface area contributed by atoms with Gasteiger partial charge in [0.15, 0.2) is 0 Å². The van der Waals surface area contributed by atoms with Crippen LogP contribution < -0.4 is 10.6 Å². The molecule has 3 N–H and O–H groups in total. The molecule has 1 aromatic rings. The van der Waals surface area contributed by atoms with Crippen LogP contribution in [-0.4, -0.2) is 23.0 Å². The van der Waals surface area contributed by atoms with Crippen molar-refractivity contribution in [1.29, 1.82) is 5.26 Å². The molecule has 0 spiro atoms. The van der Waals surface area contributed by atoms with E-state index in [4.69, 9.17) is 10.4 Å². The number of hydrogen-bond acceptors (Lipinski definition) is 4. The fourth-order valence-corrected chi connectivity index (χ4v) is 1.86. The number of anilines is 1. The number of amides is 1. The molecule has 1 rings (SSSR count). The van der Waals surface area contributed by atoms with Crippen LogP contribution in [0.1, 0.15) is 25.0 Å². The number of nitriles is 1. The van der Waals surface area contributed by atoms with E-state index >= 15 is 0 Å². The Labute approximate surface area is 129 Å². The number of carbonyl (C=O) groups excluding carboxylic acids is 1. The molecule has 1 aromatic carbocycles. The molecule has 22 heavy (non-hydrogen) atoms. The standard InChI is InChI=1S/C16H19N3O3/c1-4-12-7-5-6-10(2)14(12)18-9-13(8-17)15(20)19-11(3)16(21)22/h5-7,9,11,18H,4H2,1-3H3,(H,19,20)(H,21,22)/b13-9-. The van der Waals surface area contributed by atoms with E-state index < -0.39 is 17.9 Å². The van der Waals surface area contributed by atoms with Gasteiger partial charge in [-0.25, -0.2) is 0 Å². The Morgan fingerprint density at radius 3 is 2.68 bits per heavy atom. The first-order valence-electron chi connectivity index (χ1n) is 6.89. The molecule has 0 saturated carbocycles. The number of carbonyl (C=O) groups is 2. The second-order valence-electron chi connectivity index (χ2n) is 4.81. The van der Waals surface area contributed by atoms with E-state index in [1.54, 1.807) is 6.07 Å². The minimum atomic E-state index is -1.16. The number of hydrogen-bond donors (Lipinski definition) is 3. The van der Waals surface area contributed by atoms with Gasteiger partial charge in [-0.1, -0.05) is 25.1 Å². The number of aryl methyl sites for hydroxylation is 2. The van der Waals surface area contributed by atoms with E-state index in [-0.39, 0.29) is 5.57 Å². The van der Waals surface area contributed by atoms with Gasteiger partial charge in [0.25, 0.3) is 5.91 Å². The summed E-state index contributed by atoms with van der Waals surface area (Å²) in [6.07, 6.45) is 2.10. The maximum absolute atomic E-state index is 11.8. The molecule has 1 amide bonds. The number of carboxylic acid groups (broad SMARTS) is 1. The highest BCUT2D eigenvalue weighted by atomic mass is 16.4. The Balaban J connectivity index is 2.94. The van der Waals surface area contributed by atoms with Crippen molar-refractivity contribution in [2.75, 3.05) is 5.32 Å². The summed E-state index contributed by atoms with van der Waals surface area (Å²) in [5, 5.41) is 23.0. The van der Waals surface area contributed by atoms with Crippen molar-refractivity contribution in [1.82, 2.24) is 5.32 Å². The average Bonchev–Trinajstić information content (AvgIpc) is 2.48. The van der Waals surface area contributed by atoms with Gasteiger partial charge in [0, 0.05) is 11.9 Å². The lowest BCUT2D eigenvalue weighted by molar-refractivity contribution is -0.140. The fourth-order valence-electron chi connectivity index (χ4n) is 1.86. The molecule has 1 atom stereocenters. The normalized spacial score (nSPS) is 12.2. The maximum atomic E-state index is 11.8. The third kappa shape index (κ3) is 4.35. The first-order chi connectivity index (χ1) is 10.4. The van der Waals surface area contributed by atoms with E-state index in [9.17, 15) is 9.59 Å². The molecule has 1 unspecified atom stereocenters. The van der Waals surface area contributed by atoms with Crippen molar-refractivity contribution in [2.45, 2.75) is 33.2 Å². The molecular formula is C16H19N3O3. The van der Waals surface area contributed by atoms with Crippen LogP contribution in [-0.2, 0) is 16.0 Å². The molecule has 0 heterocycles. The van der Waals surface area contributed by atoms with E-state index in [1.807, 2.05) is 32.0 Å². The van der Waals surface area contributed by atoms with Crippen LogP contribution in [0.3, 0.4) is 0 Å². The number of para-hydroxylation sites is 1. The summed E-state index contributed by atoms with van der Waals surface area (Å²) in [5.41, 5.74) is 2.72. The number of aliphatic carboxylic acids is 1. The van der Waals surface area contributed by atoms with Gasteiger partial charge in [-0.3, -0.25) is 9.59 Å². The van der Waals surface area contributed by atoms with Crippen molar-refractivity contribution >= 4 is 17.6 Å². The first kappa shape index (κ1) is 17.2. The monoisotopic (exact) mass is 301 g/mol. The maximum Gasteiger partial charge on any atom is 0.325 e. The smallest absolute Gasteiger partial charge is 0.325 e. The quantitative estimate of drug-likeness (QED) is 0.550. The van der Waals surface area contributed by atoms with Gasteiger partial charge >= 0.3 is 5.97 Å². The summed E-state index contributed by atoms with van der Waals surface area (Å²) >= 11 is 0. The molecule has 0 saturated heterocycles. The zero-order valence-corrected chi connectivity index (χ0v) is 12.8. The van der Waals surface area contributed by atoms with E-state index in [1.165, 1.54) is 13.1 Å². The molecule has 0 radical (unpaired) electrons. The van der Waals surface area contributed by atoms with Crippen LogP contribution >= 0.6 is 0 Å². The average molecular weight is 301 g/mol. The van der Waals surface area contributed by atoms with Crippen LogP contribution in [0.25, 0.3) is 0 Å². The van der Waals surface area contributed by atoms with E-state index in [0.717, 1.165) is 23.2 Å². The van der Waals surface area contributed by atoms with Crippen molar-refractivity contribution < 1.29 is 14.7 Å². The highest BCUT2D eigenvalue weighted by Gasteiger charge is 2.17. The second kappa shape index (κ2) is 7.84. The largest absolute Gasteiger partial charge is 0.480 e. The molecule has 0 aliphatic heterocycles. The molecule has 6 nitrogen and oxygen atoms in total. The predicted octanol–water partition coefficient (Wildman–Crippen LogP) is 1.97. The third-order valence-electron chi connectivity index (χ3n) is 3.18. The lowest BCUT2D eigenvalue weighted by Crippen LogP contribution is -2.39. The third-order valence-corrected chi connectivity index (χ3v) is 3.18. The van der Waals surface area contributed by atoms with Crippen molar-refractivity contribution in [3.8, 4) is 6.07 Å². The topological polar surface area (TPSA) is 102 Å². The SMILES string of the molecule is CCc1cccc(C)c1N/C=C(/C#N)C(=O)NC(C)C(=O)O. The van der Waals surface area contributed by atoms with Crippen molar-refractivity contribution in [3.05, 3.63) is 41.1 Å². The highest BCUT2D eigenvalue weighted by Crippen LogP contribution is 2.21. The van der Waals surface area contributed by atoms with Crippen LogP contribution in [0, 0.1) is 18.3 Å². The molecule has 0 aliphatic rings. The van der Waals surface area contributed by atoms with Gasteiger partial charge < -0.3 is 15.7 Å². The van der Waals surface area contributed by atoms with E-state index in [2.05, 4.69) is 10.6 Å². The molecule has 6 heteroatoms. The number of benzene rings is 1. The summed E-state index contributed by atoms with van der Waals surface area (Å²) < 4.78 is 0. The zero-order chi connectivity index (χ0) is 16.7. The molecule has 0 bridgehead atoms. The predicted molar refractivity (Wildman–Crippen MR) is 83.1 cm³/mol. The van der Waals surface area contributed by atoms with Crippen molar-refractivity contribution in [2.24, 2.45) is 0 Å². The molecular weight excluding hydrogens is 282 g/mol. The second-order valence-corrected chi connectivity index (χ2v) is 4.81. The Morgan fingerprint density at radius 2 is 2.14 bits per heavy atom. The molecule has 0 fully saturated rings. The number of rotatable bonds is 6. The first-order valence-corrected chi connectivity index (χ1v) is 6.89. The summed E-state index contributed by atoms with van der Waals surface area (Å²) in [6, 6.07) is 6.53. The number of nitrogens with zero attached hydrogens (tertiary/aromatic N) is 1. The van der Waals surface area contributed by atoms with Gasteiger partial charge in [0.1, 0.15) is 17.7 Å². The number of carboxylic acids is 1. The lowest BCUT2D eigenvalue weighted by Gasteiger charge is -2.12.